The van der Waals surface area contributed by atoms with Crippen LogP contribution < -0.4 is 0 Å². The second kappa shape index (κ2) is 6.17. The minimum atomic E-state index is -0.196. The molecule has 1 aromatic heterocycles. The van der Waals surface area contributed by atoms with Crippen LogP contribution in [0, 0.1) is 0 Å². The number of benzene rings is 2. The number of fused-ring (bicyclic) bond motifs is 1. The standard InChI is InChI=1S/C21H24Cl2N2O/c1-20(2,3)11-7-12(18(26)13(8-11)21(4,5)6)19-24-16-9-14(22)15(23)10-17(16)25-19/h7-10,26H,1-6H3,(H,24,25). The molecule has 3 rings (SSSR count). The molecule has 3 nitrogen and oxygen atoms in total. The van der Waals surface area contributed by atoms with Crippen LogP contribution in [0.5, 0.6) is 5.75 Å². The fourth-order valence-corrected chi connectivity index (χ4v) is 3.27. The van der Waals surface area contributed by atoms with E-state index in [1.807, 2.05) is 6.07 Å². The molecule has 0 radical (unpaired) electrons. The molecule has 26 heavy (non-hydrogen) atoms. The minimum Gasteiger partial charge on any atom is -0.507 e. The smallest absolute Gasteiger partial charge is 0.142 e. The van der Waals surface area contributed by atoms with E-state index >= 15 is 0 Å². The summed E-state index contributed by atoms with van der Waals surface area (Å²) in [5.74, 6) is 0.856. The van der Waals surface area contributed by atoms with Gasteiger partial charge in [0.05, 0.1) is 26.6 Å². The zero-order valence-electron chi connectivity index (χ0n) is 16.0. The lowest BCUT2D eigenvalue weighted by atomic mass is 9.79. The second-order valence-electron chi connectivity index (χ2n) is 8.79. The third kappa shape index (κ3) is 3.43. The highest BCUT2D eigenvalue weighted by atomic mass is 35.5. The Kier molecular flexibility index (Phi) is 4.53. The number of nitrogens with one attached hydrogen (secondary N) is 1. The van der Waals surface area contributed by atoms with Crippen LogP contribution in [-0.2, 0) is 10.8 Å². The monoisotopic (exact) mass is 390 g/mol. The molecule has 2 aromatic carbocycles. The van der Waals surface area contributed by atoms with Crippen LogP contribution in [0.1, 0.15) is 52.7 Å². The third-order valence-corrected chi connectivity index (χ3v) is 5.29. The van der Waals surface area contributed by atoms with Crippen molar-refractivity contribution >= 4 is 34.2 Å². The summed E-state index contributed by atoms with van der Waals surface area (Å²) in [5, 5.41) is 11.9. The first-order valence-corrected chi connectivity index (χ1v) is 9.36. The topological polar surface area (TPSA) is 48.9 Å². The summed E-state index contributed by atoms with van der Waals surface area (Å²) in [7, 11) is 0. The van der Waals surface area contributed by atoms with E-state index in [0.717, 1.165) is 16.6 Å². The van der Waals surface area contributed by atoms with E-state index in [0.29, 0.717) is 26.9 Å². The molecule has 0 atom stereocenters. The van der Waals surface area contributed by atoms with E-state index in [-0.39, 0.29) is 16.6 Å². The van der Waals surface area contributed by atoms with E-state index in [2.05, 4.69) is 57.6 Å². The number of H-pyrrole nitrogens is 1. The lowest BCUT2D eigenvalue weighted by molar-refractivity contribution is 0.446. The van der Waals surface area contributed by atoms with Gasteiger partial charge in [-0.15, -0.1) is 0 Å². The van der Waals surface area contributed by atoms with Crippen molar-refractivity contribution in [2.24, 2.45) is 0 Å². The van der Waals surface area contributed by atoms with Gasteiger partial charge in [-0.3, -0.25) is 0 Å². The van der Waals surface area contributed by atoms with Gasteiger partial charge in [-0.2, -0.15) is 0 Å². The van der Waals surface area contributed by atoms with Crippen LogP contribution in [0.4, 0.5) is 0 Å². The fraction of sp³-hybridized carbons (Fsp3) is 0.381. The predicted molar refractivity (Wildman–Crippen MR) is 111 cm³/mol. The Morgan fingerprint density at radius 1 is 0.885 bits per heavy atom. The normalized spacial score (nSPS) is 12.8. The number of nitrogens with zero attached hydrogens (tertiary/aromatic N) is 1. The zero-order chi connectivity index (χ0) is 19.4. The number of phenols is 1. The van der Waals surface area contributed by atoms with E-state index in [1.165, 1.54) is 0 Å². The number of hydrogen-bond donors (Lipinski definition) is 2. The quantitative estimate of drug-likeness (QED) is 0.477. The molecule has 1 heterocycles. The summed E-state index contributed by atoms with van der Waals surface area (Å²) >= 11 is 12.2. The van der Waals surface area contributed by atoms with Gasteiger partial charge >= 0.3 is 0 Å². The number of imidazole rings is 1. The molecule has 5 heteroatoms. The van der Waals surface area contributed by atoms with Gasteiger partial charge < -0.3 is 10.1 Å². The Hall–Kier alpha value is -1.71. The molecule has 0 saturated carbocycles. The molecule has 0 amide bonds. The maximum absolute atomic E-state index is 11.0. The number of phenolic OH excluding ortho intramolecular Hbond substituents is 1. The molecule has 0 aliphatic heterocycles. The number of rotatable bonds is 1. The first kappa shape index (κ1) is 19.1. The Morgan fingerprint density at radius 2 is 1.50 bits per heavy atom. The van der Waals surface area contributed by atoms with Crippen molar-refractivity contribution in [3.05, 3.63) is 45.4 Å². The largest absolute Gasteiger partial charge is 0.507 e. The second-order valence-corrected chi connectivity index (χ2v) is 9.60. The van der Waals surface area contributed by atoms with Gasteiger partial charge in [-0.25, -0.2) is 4.98 Å². The number of aromatic amines is 1. The van der Waals surface area contributed by atoms with E-state index in [1.54, 1.807) is 12.1 Å². The molecular formula is C21H24Cl2N2O. The van der Waals surface area contributed by atoms with Crippen molar-refractivity contribution in [2.45, 2.75) is 52.4 Å². The molecule has 0 unspecified atom stereocenters. The average molecular weight is 391 g/mol. The average Bonchev–Trinajstić information content (AvgIpc) is 2.88. The van der Waals surface area contributed by atoms with Gasteiger partial charge in [0.25, 0.3) is 0 Å². The third-order valence-electron chi connectivity index (χ3n) is 4.56. The summed E-state index contributed by atoms with van der Waals surface area (Å²) in [5.41, 5.74) is 3.98. The zero-order valence-corrected chi connectivity index (χ0v) is 17.5. The van der Waals surface area contributed by atoms with Crippen molar-refractivity contribution in [2.75, 3.05) is 0 Å². The van der Waals surface area contributed by atoms with E-state index < -0.39 is 0 Å². The van der Waals surface area contributed by atoms with Crippen LogP contribution in [0.3, 0.4) is 0 Å². The van der Waals surface area contributed by atoms with Gasteiger partial charge in [0.2, 0.25) is 0 Å². The molecule has 2 N–H and O–H groups in total. The first-order chi connectivity index (χ1) is 11.9. The SMILES string of the molecule is CC(C)(C)c1cc(-c2nc3cc(Cl)c(Cl)cc3[nH]2)c(O)c(C(C)(C)C)c1. The summed E-state index contributed by atoms with van der Waals surface area (Å²) in [4.78, 5) is 7.90. The van der Waals surface area contributed by atoms with Crippen LogP contribution in [0.15, 0.2) is 24.3 Å². The lowest BCUT2D eigenvalue weighted by Crippen LogP contribution is -2.17. The molecular weight excluding hydrogens is 367 g/mol. The Labute approximate surface area is 164 Å². The highest BCUT2D eigenvalue weighted by Crippen LogP contribution is 2.42. The maximum Gasteiger partial charge on any atom is 0.142 e. The molecule has 0 saturated heterocycles. The highest BCUT2D eigenvalue weighted by Gasteiger charge is 2.26. The summed E-state index contributed by atoms with van der Waals surface area (Å²) in [6.45, 7) is 12.8. The number of halogens is 2. The van der Waals surface area contributed by atoms with Crippen molar-refractivity contribution in [1.82, 2.24) is 9.97 Å². The van der Waals surface area contributed by atoms with Crippen molar-refractivity contribution in [1.29, 1.82) is 0 Å². The van der Waals surface area contributed by atoms with Crippen molar-refractivity contribution in [3.63, 3.8) is 0 Å². The van der Waals surface area contributed by atoms with E-state index in [9.17, 15) is 5.11 Å². The first-order valence-electron chi connectivity index (χ1n) is 8.61. The van der Waals surface area contributed by atoms with E-state index in [4.69, 9.17) is 23.2 Å². The van der Waals surface area contributed by atoms with Crippen LogP contribution >= 0.6 is 23.2 Å². The van der Waals surface area contributed by atoms with Crippen molar-refractivity contribution < 1.29 is 5.11 Å². The molecule has 0 aliphatic carbocycles. The van der Waals surface area contributed by atoms with Gasteiger partial charge in [0.1, 0.15) is 11.6 Å². The van der Waals surface area contributed by atoms with Gasteiger partial charge in [0, 0.05) is 5.56 Å². The molecule has 0 bridgehead atoms. The van der Waals surface area contributed by atoms with Gasteiger partial charge in [-0.1, -0.05) is 70.8 Å². The minimum absolute atomic E-state index is 0.0545. The number of aromatic hydroxyl groups is 1. The molecule has 0 aliphatic rings. The van der Waals surface area contributed by atoms with Gasteiger partial charge in [-0.05, 0) is 34.6 Å². The predicted octanol–water partition coefficient (Wildman–Crippen LogP) is 6.84. The summed E-state index contributed by atoms with van der Waals surface area (Å²) < 4.78 is 0. The highest BCUT2D eigenvalue weighted by molar-refractivity contribution is 6.42. The van der Waals surface area contributed by atoms with Crippen LogP contribution in [-0.4, -0.2) is 15.1 Å². The molecule has 0 spiro atoms. The number of aromatic nitrogens is 2. The van der Waals surface area contributed by atoms with Crippen molar-refractivity contribution in [3.8, 4) is 17.1 Å². The fourth-order valence-electron chi connectivity index (χ4n) is 2.95. The summed E-state index contributed by atoms with van der Waals surface area (Å²) in [6.07, 6.45) is 0. The Bertz CT molecular complexity index is 953. The molecule has 0 fully saturated rings. The van der Waals surface area contributed by atoms with Crippen LogP contribution in [0.2, 0.25) is 10.0 Å². The maximum atomic E-state index is 11.0. The molecule has 138 valence electrons. The Balaban J connectivity index is 2.30. The summed E-state index contributed by atoms with van der Waals surface area (Å²) in [6, 6.07) is 7.58. The lowest BCUT2D eigenvalue weighted by Gasteiger charge is -2.27. The molecule has 3 aromatic rings. The van der Waals surface area contributed by atoms with Gasteiger partial charge in [0.15, 0.2) is 0 Å². The van der Waals surface area contributed by atoms with Crippen LogP contribution in [0.25, 0.3) is 22.4 Å². The number of hydrogen-bond acceptors (Lipinski definition) is 2. The Morgan fingerprint density at radius 3 is 2.08 bits per heavy atom.